The van der Waals surface area contributed by atoms with E-state index in [2.05, 4.69) is 21.9 Å². The zero-order valence-corrected chi connectivity index (χ0v) is 22.5. The van der Waals surface area contributed by atoms with Gasteiger partial charge in [-0.05, 0) is 37.8 Å². The Morgan fingerprint density at radius 3 is 2.57 bits per heavy atom. The highest BCUT2D eigenvalue weighted by Crippen LogP contribution is 2.49. The van der Waals surface area contributed by atoms with Crippen molar-refractivity contribution in [3.63, 3.8) is 0 Å². The summed E-state index contributed by atoms with van der Waals surface area (Å²) in [5.74, 6) is 1.24. The predicted molar refractivity (Wildman–Crippen MR) is 145 cm³/mol. The number of amidine groups is 1. The monoisotopic (exact) mass is 534 g/mol. The minimum atomic E-state index is -3.25. The molecule has 0 saturated carbocycles. The van der Waals surface area contributed by atoms with Crippen molar-refractivity contribution in [1.29, 1.82) is 0 Å². The molecule has 1 amide bonds. The van der Waals surface area contributed by atoms with Gasteiger partial charge in [0.1, 0.15) is 19.2 Å². The third-order valence-corrected chi connectivity index (χ3v) is 7.00. The summed E-state index contributed by atoms with van der Waals surface area (Å²) < 4.78 is 25.7. The number of carbonyl (C=O) groups excluding carboxylic acids is 1. The number of aliphatic imine (C=N–C) groups is 1. The highest BCUT2D eigenvalue weighted by atomic mass is 32.2. The third kappa shape index (κ3) is 7.60. The summed E-state index contributed by atoms with van der Waals surface area (Å²) in [5.41, 5.74) is 8.68. The van der Waals surface area contributed by atoms with Crippen molar-refractivity contribution < 1.29 is 23.2 Å². The number of carbonyl (C=O) groups is 1. The van der Waals surface area contributed by atoms with Crippen molar-refractivity contribution >= 4 is 50.0 Å². The van der Waals surface area contributed by atoms with Crippen LogP contribution in [0.15, 0.2) is 29.3 Å². The first kappa shape index (κ1) is 28.8. The van der Waals surface area contributed by atoms with Crippen molar-refractivity contribution in [1.82, 2.24) is 19.7 Å². The van der Waals surface area contributed by atoms with Gasteiger partial charge in [-0.25, -0.2) is 18.1 Å². The first-order valence-corrected chi connectivity index (χ1v) is 14.8. The van der Waals surface area contributed by atoms with Crippen LogP contribution in [0.5, 0.6) is 0 Å². The number of amides is 1. The number of unbranched alkanes of at least 4 members (excludes halogenated alkanes) is 4. The quantitative estimate of drug-likeness (QED) is 0.220. The van der Waals surface area contributed by atoms with Gasteiger partial charge in [0.25, 0.3) is 0 Å². The zero-order chi connectivity index (χ0) is 26.9. The molecular formula is C25H38N6O5S. The Hall–Kier alpha value is -2.80. The number of nitrogen functional groups attached to an aromatic ring is 1. The molecule has 2 heterocycles. The van der Waals surface area contributed by atoms with Crippen molar-refractivity contribution in [2.24, 2.45) is 4.99 Å². The summed E-state index contributed by atoms with van der Waals surface area (Å²) in [4.78, 5) is 26.7. The average Bonchev–Trinajstić information content (AvgIpc) is 3.15. The summed E-state index contributed by atoms with van der Waals surface area (Å²) in [5, 5.41) is 13.7. The molecular weight excluding hydrogens is 496 g/mol. The molecule has 1 aromatic heterocycles. The lowest BCUT2D eigenvalue weighted by atomic mass is 10.1. The molecule has 4 N–H and O–H groups in total. The molecule has 0 aliphatic carbocycles. The molecule has 11 nitrogen and oxygen atoms in total. The van der Waals surface area contributed by atoms with Crippen LogP contribution in [-0.4, -0.2) is 57.8 Å². The molecule has 1 atom stereocenters. The van der Waals surface area contributed by atoms with Crippen LogP contribution in [0, 0.1) is 0 Å². The molecule has 1 unspecified atom stereocenters. The topological polar surface area (TPSA) is 159 Å². The van der Waals surface area contributed by atoms with Crippen molar-refractivity contribution in [3.8, 4) is 0 Å². The molecule has 0 fully saturated rings. The number of aromatic nitrogens is 1. The largest absolute Gasteiger partial charge is 0.530 e. The molecule has 12 heteroatoms. The van der Waals surface area contributed by atoms with Crippen LogP contribution in [0.3, 0.4) is 0 Å². The number of nitrogens with one attached hydrogen (secondary N) is 2. The number of nitrogens with two attached hydrogens (primary N) is 1. The summed E-state index contributed by atoms with van der Waals surface area (Å²) in [7, 11) is -3.25. The second-order valence-corrected chi connectivity index (χ2v) is 11.1. The fourth-order valence-corrected chi connectivity index (χ4v) is 5.15. The van der Waals surface area contributed by atoms with Gasteiger partial charge in [-0.3, -0.25) is 0 Å². The van der Waals surface area contributed by atoms with Crippen molar-refractivity contribution in [2.75, 3.05) is 38.2 Å². The van der Waals surface area contributed by atoms with Crippen LogP contribution in [0.1, 0.15) is 58.3 Å². The number of para-hydroxylation sites is 1. The molecule has 0 bridgehead atoms. The Morgan fingerprint density at radius 1 is 1.11 bits per heavy atom. The lowest BCUT2D eigenvalue weighted by Gasteiger charge is -2.33. The van der Waals surface area contributed by atoms with E-state index in [1.807, 2.05) is 24.3 Å². The molecule has 3 rings (SSSR count). The lowest BCUT2D eigenvalue weighted by molar-refractivity contribution is -0.250. The van der Waals surface area contributed by atoms with E-state index in [9.17, 15) is 18.3 Å². The molecule has 1 aromatic carbocycles. The lowest BCUT2D eigenvalue weighted by Crippen LogP contribution is -2.53. The SMILES string of the molecule is CCCC1=Nc2c(N)nc3ccccc3c2[N+]1(CCCCNS(C)(=O)=O)OCCCCCCNC(=O)[O-]. The maximum Gasteiger partial charge on any atom is 0.241 e. The maximum absolute atomic E-state index is 11.5. The van der Waals surface area contributed by atoms with Gasteiger partial charge < -0.3 is 21.0 Å². The molecule has 204 valence electrons. The number of rotatable bonds is 16. The van der Waals surface area contributed by atoms with Gasteiger partial charge in [-0.1, -0.05) is 31.9 Å². The average molecular weight is 535 g/mol. The van der Waals surface area contributed by atoms with Gasteiger partial charge in [0.2, 0.25) is 21.5 Å². The zero-order valence-electron chi connectivity index (χ0n) is 21.7. The van der Waals surface area contributed by atoms with Gasteiger partial charge in [-0.15, -0.1) is 4.65 Å². The summed E-state index contributed by atoms with van der Waals surface area (Å²) in [6, 6.07) is 7.82. The van der Waals surface area contributed by atoms with Crippen LogP contribution in [0.2, 0.25) is 0 Å². The number of benzene rings is 1. The highest BCUT2D eigenvalue weighted by Gasteiger charge is 2.48. The van der Waals surface area contributed by atoms with Crippen LogP contribution in [0.25, 0.3) is 10.9 Å². The number of sulfonamides is 1. The van der Waals surface area contributed by atoms with Crippen LogP contribution in [0.4, 0.5) is 22.0 Å². The number of hydrogen-bond donors (Lipinski definition) is 3. The smallest absolute Gasteiger partial charge is 0.241 e. The number of quaternary nitrogens is 1. The molecule has 0 saturated heterocycles. The minimum Gasteiger partial charge on any atom is -0.530 e. The molecule has 0 spiro atoms. The minimum absolute atomic E-state index is 0.127. The van der Waals surface area contributed by atoms with E-state index in [-0.39, 0.29) is 4.65 Å². The number of hydrogen-bond acceptors (Lipinski definition) is 8. The second-order valence-electron chi connectivity index (χ2n) is 9.29. The van der Waals surface area contributed by atoms with Gasteiger partial charge in [0.15, 0.2) is 11.5 Å². The van der Waals surface area contributed by atoms with Gasteiger partial charge in [0, 0.05) is 25.9 Å². The van der Waals surface area contributed by atoms with Crippen LogP contribution >= 0.6 is 0 Å². The van der Waals surface area contributed by atoms with Crippen LogP contribution in [-0.2, 0) is 14.9 Å². The van der Waals surface area contributed by atoms with Gasteiger partial charge in [0.05, 0.1) is 17.2 Å². The Balaban J connectivity index is 1.83. The van der Waals surface area contributed by atoms with E-state index in [4.69, 9.17) is 15.6 Å². The van der Waals surface area contributed by atoms with Crippen molar-refractivity contribution in [2.45, 2.75) is 58.3 Å². The molecule has 0 radical (unpaired) electrons. The fraction of sp³-hybridized carbons (Fsp3) is 0.560. The van der Waals surface area contributed by atoms with E-state index < -0.39 is 16.1 Å². The molecule has 1 aliphatic heterocycles. The van der Waals surface area contributed by atoms with E-state index in [1.165, 1.54) is 0 Å². The van der Waals surface area contributed by atoms with Gasteiger partial charge >= 0.3 is 0 Å². The predicted octanol–water partition coefficient (Wildman–Crippen LogP) is 2.72. The standard InChI is InChI=1S/C25H38N6O5S/c1-3-12-21-30-22-23(19-13-6-7-14-20(19)29-24(22)26)31(21,17-10-9-16-28-37(2,34)35)36-18-11-5-4-8-15-27-25(32)33/h6-7,13-14,27-28H,3-5,8-12,15-18H2,1-2H3,(H2-,26,29,32,33). The van der Waals surface area contributed by atoms with E-state index in [0.717, 1.165) is 67.2 Å². The number of carboxylic acid groups (broad SMARTS) is 1. The van der Waals surface area contributed by atoms with E-state index in [0.29, 0.717) is 50.6 Å². The van der Waals surface area contributed by atoms with Crippen molar-refractivity contribution in [3.05, 3.63) is 24.3 Å². The highest BCUT2D eigenvalue weighted by molar-refractivity contribution is 7.88. The summed E-state index contributed by atoms with van der Waals surface area (Å²) in [6.45, 7) is 3.89. The Kier molecular flexibility index (Phi) is 10.2. The Morgan fingerprint density at radius 2 is 1.84 bits per heavy atom. The Labute approximate surface area is 218 Å². The number of pyridine rings is 1. The molecule has 2 aromatic rings. The summed E-state index contributed by atoms with van der Waals surface area (Å²) >= 11 is 0. The van der Waals surface area contributed by atoms with E-state index >= 15 is 0 Å². The first-order chi connectivity index (χ1) is 17.7. The first-order valence-electron chi connectivity index (χ1n) is 12.9. The number of anilines is 1. The summed E-state index contributed by atoms with van der Waals surface area (Å²) in [6.07, 6.45) is 6.15. The Bertz CT molecular complexity index is 1220. The fourth-order valence-electron chi connectivity index (χ4n) is 4.63. The number of hydroxylamine groups is 2. The molecule has 37 heavy (non-hydrogen) atoms. The van der Waals surface area contributed by atoms with E-state index in [1.54, 1.807) is 0 Å². The van der Waals surface area contributed by atoms with Crippen LogP contribution < -0.4 is 25.5 Å². The number of fused-ring (bicyclic) bond motifs is 3. The van der Waals surface area contributed by atoms with Gasteiger partial charge in [-0.2, -0.15) is 9.83 Å². The normalized spacial score (nSPS) is 17.1. The molecule has 1 aliphatic rings. The number of nitrogens with zero attached hydrogens (tertiary/aromatic N) is 3. The third-order valence-electron chi connectivity index (χ3n) is 6.28. The maximum atomic E-state index is 11.5. The second kappa shape index (κ2) is 13.1.